The van der Waals surface area contributed by atoms with Gasteiger partial charge in [0.25, 0.3) is 5.91 Å². The van der Waals surface area contributed by atoms with E-state index in [2.05, 4.69) is 15.5 Å². The van der Waals surface area contributed by atoms with Crippen molar-refractivity contribution in [1.82, 2.24) is 10.4 Å². The van der Waals surface area contributed by atoms with Gasteiger partial charge in [-0.15, -0.1) is 11.3 Å². The largest absolute Gasteiger partial charge is 0.457 e. The highest BCUT2D eigenvalue weighted by Gasteiger charge is 2.15. The van der Waals surface area contributed by atoms with E-state index in [0.717, 1.165) is 21.9 Å². The predicted molar refractivity (Wildman–Crippen MR) is 120 cm³/mol. The Morgan fingerprint density at radius 3 is 2.43 bits per heavy atom. The summed E-state index contributed by atoms with van der Waals surface area (Å²) in [5.41, 5.74) is 5.07. The molecule has 0 spiro atoms. The number of carbonyl (C=O) groups excluding carboxylic acids is 1. The molecule has 0 saturated carbocycles. The van der Waals surface area contributed by atoms with E-state index in [9.17, 15) is 4.79 Å². The summed E-state index contributed by atoms with van der Waals surface area (Å²) in [5, 5.41) is 4.90. The van der Waals surface area contributed by atoms with Crippen LogP contribution < -0.4 is 10.2 Å². The van der Waals surface area contributed by atoms with E-state index in [-0.39, 0.29) is 5.91 Å². The topological polar surface area (TPSA) is 63.6 Å². The smallest absolute Gasteiger partial charge is 0.283 e. The van der Waals surface area contributed by atoms with Crippen LogP contribution in [0.2, 0.25) is 0 Å². The molecule has 1 amide bonds. The van der Waals surface area contributed by atoms with Crippen LogP contribution in [0.15, 0.2) is 90.0 Å². The van der Waals surface area contributed by atoms with E-state index in [0.29, 0.717) is 16.3 Å². The lowest BCUT2D eigenvalue weighted by atomic mass is 10.2. The number of nitrogens with one attached hydrogen (secondary N) is 1. The third kappa shape index (κ3) is 4.79. The molecule has 4 aromatic rings. The van der Waals surface area contributed by atoms with Gasteiger partial charge in [-0.2, -0.15) is 5.10 Å². The number of nitrogens with zero attached hydrogens (tertiary/aromatic N) is 2. The first-order valence-electron chi connectivity index (χ1n) is 9.38. The zero-order valence-electron chi connectivity index (χ0n) is 16.3. The summed E-state index contributed by atoms with van der Waals surface area (Å²) >= 11 is 1.35. The molecule has 5 nitrogen and oxygen atoms in total. The molecule has 0 atom stereocenters. The number of hydrazone groups is 1. The van der Waals surface area contributed by atoms with Gasteiger partial charge in [-0.05, 0) is 36.8 Å². The van der Waals surface area contributed by atoms with Gasteiger partial charge in [-0.3, -0.25) is 4.79 Å². The Balaban J connectivity index is 1.42. The van der Waals surface area contributed by atoms with Gasteiger partial charge in [0, 0.05) is 5.56 Å². The Morgan fingerprint density at radius 2 is 1.67 bits per heavy atom. The molecule has 0 aliphatic rings. The van der Waals surface area contributed by atoms with Crippen molar-refractivity contribution in [3.63, 3.8) is 0 Å². The van der Waals surface area contributed by atoms with Crippen molar-refractivity contribution in [2.45, 2.75) is 6.92 Å². The summed E-state index contributed by atoms with van der Waals surface area (Å²) in [5.74, 6) is 1.18. The third-order valence-electron chi connectivity index (χ3n) is 4.24. The zero-order chi connectivity index (χ0) is 20.8. The fourth-order valence-electron chi connectivity index (χ4n) is 2.81. The van der Waals surface area contributed by atoms with Crippen LogP contribution in [-0.4, -0.2) is 17.1 Å². The van der Waals surface area contributed by atoms with E-state index in [1.807, 2.05) is 91.9 Å². The van der Waals surface area contributed by atoms with Crippen LogP contribution in [0.3, 0.4) is 0 Å². The molecule has 0 fully saturated rings. The maximum absolute atomic E-state index is 12.5. The number of aryl methyl sites for hydroxylation is 1. The summed E-state index contributed by atoms with van der Waals surface area (Å²) in [6, 6.07) is 26.8. The number of hydrogen-bond acceptors (Lipinski definition) is 5. The zero-order valence-corrected chi connectivity index (χ0v) is 17.1. The van der Waals surface area contributed by atoms with Crippen molar-refractivity contribution in [2.24, 2.45) is 5.10 Å². The second-order valence-electron chi connectivity index (χ2n) is 6.49. The van der Waals surface area contributed by atoms with Crippen LogP contribution in [0, 0.1) is 6.92 Å². The van der Waals surface area contributed by atoms with E-state index < -0.39 is 0 Å². The van der Waals surface area contributed by atoms with Gasteiger partial charge in [0.2, 0.25) is 0 Å². The van der Waals surface area contributed by atoms with Crippen LogP contribution in [0.5, 0.6) is 11.5 Å². The highest BCUT2D eigenvalue weighted by Crippen LogP contribution is 2.27. The van der Waals surface area contributed by atoms with Crippen molar-refractivity contribution >= 4 is 23.5 Å². The molecule has 1 heterocycles. The summed E-state index contributed by atoms with van der Waals surface area (Å²) in [4.78, 5) is 17.6. The first-order chi connectivity index (χ1) is 14.7. The molecule has 1 N–H and O–H groups in total. The van der Waals surface area contributed by atoms with Gasteiger partial charge in [-0.25, -0.2) is 10.4 Å². The van der Waals surface area contributed by atoms with Crippen LogP contribution in [0.25, 0.3) is 10.6 Å². The van der Waals surface area contributed by atoms with Crippen molar-refractivity contribution in [1.29, 1.82) is 0 Å². The molecule has 0 aliphatic heterocycles. The fraction of sp³-hybridized carbons (Fsp3) is 0.0417. The Labute approximate surface area is 178 Å². The van der Waals surface area contributed by atoms with E-state index in [1.54, 1.807) is 6.21 Å². The molecule has 0 unspecified atom stereocenters. The molecular formula is C24H19N3O2S. The maximum atomic E-state index is 12.5. The lowest BCUT2D eigenvalue weighted by Crippen LogP contribution is -2.17. The summed E-state index contributed by atoms with van der Waals surface area (Å²) in [6.07, 6.45) is 1.59. The van der Waals surface area contributed by atoms with Gasteiger partial charge in [0.15, 0.2) is 0 Å². The molecule has 1 aromatic heterocycles. The Bertz CT molecular complexity index is 1170. The highest BCUT2D eigenvalue weighted by atomic mass is 32.1. The van der Waals surface area contributed by atoms with Crippen molar-refractivity contribution in [3.05, 3.63) is 101 Å². The molecular weight excluding hydrogens is 394 g/mol. The van der Waals surface area contributed by atoms with Crippen LogP contribution in [0.4, 0.5) is 0 Å². The first-order valence-corrected chi connectivity index (χ1v) is 10.2. The summed E-state index contributed by atoms with van der Waals surface area (Å²) < 4.78 is 5.82. The number of rotatable bonds is 6. The minimum Gasteiger partial charge on any atom is -0.457 e. The van der Waals surface area contributed by atoms with E-state index in [4.69, 9.17) is 4.74 Å². The number of aromatic nitrogens is 1. The van der Waals surface area contributed by atoms with Crippen molar-refractivity contribution < 1.29 is 9.53 Å². The van der Waals surface area contributed by atoms with Gasteiger partial charge >= 0.3 is 0 Å². The van der Waals surface area contributed by atoms with E-state index in [1.165, 1.54) is 11.3 Å². The number of ether oxygens (including phenoxy) is 1. The average Bonchev–Trinajstić information content (AvgIpc) is 3.17. The molecule has 6 heteroatoms. The quantitative estimate of drug-likeness (QED) is 0.327. The second-order valence-corrected chi connectivity index (χ2v) is 7.49. The third-order valence-corrected chi connectivity index (χ3v) is 5.45. The number of para-hydroxylation sites is 1. The van der Waals surface area contributed by atoms with Gasteiger partial charge < -0.3 is 4.74 Å². The van der Waals surface area contributed by atoms with Gasteiger partial charge in [0.05, 0.1) is 11.9 Å². The van der Waals surface area contributed by atoms with Crippen LogP contribution in [0.1, 0.15) is 20.9 Å². The predicted octanol–water partition coefficient (Wildman–Crippen LogP) is 5.67. The van der Waals surface area contributed by atoms with Crippen LogP contribution >= 0.6 is 11.3 Å². The minimum absolute atomic E-state index is 0.278. The molecule has 0 saturated heterocycles. The molecule has 4 rings (SSSR count). The SMILES string of the molecule is Cc1nc(-c2ccccc2)sc1C(=O)N/N=C/c1cccc(Oc2ccccc2)c1. The van der Waals surface area contributed by atoms with Gasteiger partial charge in [0.1, 0.15) is 21.4 Å². The maximum Gasteiger partial charge on any atom is 0.283 e. The first kappa shape index (κ1) is 19.5. The van der Waals surface area contributed by atoms with Crippen LogP contribution in [-0.2, 0) is 0 Å². The Morgan fingerprint density at radius 1 is 0.967 bits per heavy atom. The monoisotopic (exact) mass is 413 g/mol. The molecule has 148 valence electrons. The number of benzene rings is 3. The standard InChI is InChI=1S/C24H19N3O2S/c1-17-22(30-24(26-17)19-10-4-2-5-11-19)23(28)27-25-16-18-9-8-14-21(15-18)29-20-12-6-3-7-13-20/h2-16H,1H3,(H,27,28)/b25-16+. The average molecular weight is 414 g/mol. The number of hydrogen-bond donors (Lipinski definition) is 1. The summed E-state index contributed by atoms with van der Waals surface area (Å²) in [6.45, 7) is 1.83. The minimum atomic E-state index is -0.278. The molecule has 0 radical (unpaired) electrons. The van der Waals surface area contributed by atoms with E-state index >= 15 is 0 Å². The number of amides is 1. The summed E-state index contributed by atoms with van der Waals surface area (Å²) in [7, 11) is 0. The van der Waals surface area contributed by atoms with Crippen molar-refractivity contribution in [3.8, 4) is 22.1 Å². The normalized spacial score (nSPS) is 10.8. The Hall–Kier alpha value is -3.77. The second kappa shape index (κ2) is 9.15. The Kier molecular flexibility index (Phi) is 5.96. The van der Waals surface area contributed by atoms with Gasteiger partial charge in [-0.1, -0.05) is 60.7 Å². The number of thiazole rings is 1. The molecule has 0 aliphatic carbocycles. The molecule has 30 heavy (non-hydrogen) atoms. The lowest BCUT2D eigenvalue weighted by molar-refractivity contribution is 0.0958. The fourth-order valence-corrected chi connectivity index (χ4v) is 3.77. The highest BCUT2D eigenvalue weighted by molar-refractivity contribution is 7.17. The van der Waals surface area contributed by atoms with Crippen molar-refractivity contribution in [2.75, 3.05) is 0 Å². The lowest BCUT2D eigenvalue weighted by Gasteiger charge is -2.05. The molecule has 0 bridgehead atoms. The number of carbonyl (C=O) groups is 1. The molecule has 3 aromatic carbocycles.